The smallest absolute Gasteiger partial charge is 0.228 e. The number of carbonyl (C=O) groups is 2. The van der Waals surface area contributed by atoms with E-state index >= 15 is 0 Å². The normalized spacial score (nSPS) is 22.6. The van der Waals surface area contributed by atoms with Crippen molar-refractivity contribution in [3.63, 3.8) is 0 Å². The highest BCUT2D eigenvalue weighted by Crippen LogP contribution is 2.28. The van der Waals surface area contributed by atoms with Gasteiger partial charge in [-0.3, -0.25) is 9.59 Å². The predicted octanol–water partition coefficient (Wildman–Crippen LogP) is 2.32. The van der Waals surface area contributed by atoms with Gasteiger partial charge >= 0.3 is 0 Å². The molecule has 2 saturated heterocycles. The maximum absolute atomic E-state index is 12.4. The van der Waals surface area contributed by atoms with Crippen molar-refractivity contribution in [2.24, 2.45) is 5.92 Å². The second-order valence-electron chi connectivity index (χ2n) is 5.41. The van der Waals surface area contributed by atoms with Crippen molar-refractivity contribution in [2.75, 3.05) is 24.5 Å². The Kier molecular flexibility index (Phi) is 3.66. The fourth-order valence-electron chi connectivity index (χ4n) is 2.94. The van der Waals surface area contributed by atoms with Gasteiger partial charge in [0.05, 0.1) is 5.92 Å². The van der Waals surface area contributed by atoms with Crippen molar-refractivity contribution in [1.29, 1.82) is 0 Å². The van der Waals surface area contributed by atoms with Gasteiger partial charge in [0.25, 0.3) is 0 Å². The second-order valence-corrected chi connectivity index (χ2v) is 5.85. The van der Waals surface area contributed by atoms with Crippen molar-refractivity contribution >= 4 is 29.1 Å². The van der Waals surface area contributed by atoms with E-state index in [1.807, 2.05) is 17.0 Å². The molecule has 5 heteroatoms. The summed E-state index contributed by atoms with van der Waals surface area (Å²) in [6.07, 6.45) is 2.47. The summed E-state index contributed by atoms with van der Waals surface area (Å²) in [5, 5.41) is 0.644. The van der Waals surface area contributed by atoms with Crippen molar-refractivity contribution in [3.8, 4) is 0 Å². The Hall–Kier alpha value is -1.55. The van der Waals surface area contributed by atoms with Crippen molar-refractivity contribution in [3.05, 3.63) is 29.3 Å². The summed E-state index contributed by atoms with van der Waals surface area (Å²) in [4.78, 5) is 28.0. The third-order valence-corrected chi connectivity index (χ3v) is 4.28. The van der Waals surface area contributed by atoms with Gasteiger partial charge in [0.15, 0.2) is 0 Å². The van der Waals surface area contributed by atoms with Gasteiger partial charge in [-0.25, -0.2) is 0 Å². The van der Waals surface area contributed by atoms with Gasteiger partial charge in [0.2, 0.25) is 11.8 Å². The molecule has 2 amide bonds. The van der Waals surface area contributed by atoms with Crippen LogP contribution >= 0.6 is 11.6 Å². The van der Waals surface area contributed by atoms with E-state index in [2.05, 4.69) is 0 Å². The standard InChI is InChI=1S/C15H17ClN2O2/c16-12-3-5-13(6-4-12)18-10-11(9-14(18)19)15(20)17-7-1-2-8-17/h3-6,11H,1-2,7-10H2. The Labute approximate surface area is 123 Å². The molecule has 1 unspecified atom stereocenters. The van der Waals surface area contributed by atoms with Gasteiger partial charge in [0, 0.05) is 36.8 Å². The first-order valence-corrected chi connectivity index (χ1v) is 7.37. The highest BCUT2D eigenvalue weighted by Gasteiger charge is 2.37. The maximum Gasteiger partial charge on any atom is 0.228 e. The largest absolute Gasteiger partial charge is 0.342 e. The minimum absolute atomic E-state index is 0.0184. The minimum Gasteiger partial charge on any atom is -0.342 e. The molecule has 0 N–H and O–H groups in total. The summed E-state index contributed by atoms with van der Waals surface area (Å²) in [6, 6.07) is 7.17. The topological polar surface area (TPSA) is 40.6 Å². The predicted molar refractivity (Wildman–Crippen MR) is 77.7 cm³/mol. The van der Waals surface area contributed by atoms with E-state index < -0.39 is 0 Å². The number of anilines is 1. The van der Waals surface area contributed by atoms with Crippen LogP contribution < -0.4 is 4.90 Å². The number of nitrogens with zero attached hydrogens (tertiary/aromatic N) is 2. The number of carbonyl (C=O) groups excluding carboxylic acids is 2. The van der Waals surface area contributed by atoms with E-state index in [0.717, 1.165) is 31.6 Å². The van der Waals surface area contributed by atoms with Gasteiger partial charge in [-0.05, 0) is 37.1 Å². The van der Waals surface area contributed by atoms with E-state index in [4.69, 9.17) is 11.6 Å². The van der Waals surface area contributed by atoms with Crippen LogP contribution in [0.3, 0.4) is 0 Å². The zero-order valence-corrected chi connectivity index (χ0v) is 12.0. The summed E-state index contributed by atoms with van der Waals surface area (Å²) in [5.74, 6) is -0.0477. The lowest BCUT2D eigenvalue weighted by molar-refractivity contribution is -0.134. The maximum atomic E-state index is 12.4. The molecule has 0 spiro atoms. The Morgan fingerprint density at radius 2 is 1.80 bits per heavy atom. The number of amides is 2. The van der Waals surface area contributed by atoms with E-state index in [0.29, 0.717) is 18.0 Å². The van der Waals surface area contributed by atoms with Gasteiger partial charge < -0.3 is 9.80 Å². The lowest BCUT2D eigenvalue weighted by atomic mass is 10.1. The highest BCUT2D eigenvalue weighted by atomic mass is 35.5. The Morgan fingerprint density at radius 3 is 2.45 bits per heavy atom. The van der Waals surface area contributed by atoms with Crippen LogP contribution in [0, 0.1) is 5.92 Å². The first-order chi connectivity index (χ1) is 9.65. The first-order valence-electron chi connectivity index (χ1n) is 7.00. The molecule has 2 heterocycles. The molecule has 4 nitrogen and oxygen atoms in total. The molecular formula is C15H17ClN2O2. The van der Waals surface area contributed by atoms with Gasteiger partial charge in [-0.15, -0.1) is 0 Å². The van der Waals surface area contributed by atoms with Crippen LogP contribution in [0.1, 0.15) is 19.3 Å². The number of benzene rings is 1. The van der Waals surface area contributed by atoms with E-state index in [1.54, 1.807) is 17.0 Å². The van der Waals surface area contributed by atoms with Crippen LogP contribution in [0.2, 0.25) is 5.02 Å². The molecule has 1 aromatic carbocycles. The van der Waals surface area contributed by atoms with Gasteiger partial charge in [-0.2, -0.15) is 0 Å². The van der Waals surface area contributed by atoms with Gasteiger partial charge in [0.1, 0.15) is 0 Å². The molecule has 1 aromatic rings. The van der Waals surface area contributed by atoms with Crippen LogP contribution in [-0.2, 0) is 9.59 Å². The number of halogens is 1. The highest BCUT2D eigenvalue weighted by molar-refractivity contribution is 6.30. The fraction of sp³-hybridized carbons (Fsp3) is 0.467. The summed E-state index contributed by atoms with van der Waals surface area (Å²) in [6.45, 7) is 2.16. The van der Waals surface area contributed by atoms with E-state index in [9.17, 15) is 9.59 Å². The second kappa shape index (κ2) is 5.44. The summed E-state index contributed by atoms with van der Waals surface area (Å²) < 4.78 is 0. The van der Waals surface area contributed by atoms with Crippen LogP contribution in [-0.4, -0.2) is 36.3 Å². The van der Waals surface area contributed by atoms with Crippen molar-refractivity contribution < 1.29 is 9.59 Å². The summed E-state index contributed by atoms with van der Waals surface area (Å²) in [7, 11) is 0. The molecule has 3 rings (SSSR count). The molecule has 1 atom stereocenters. The third-order valence-electron chi connectivity index (χ3n) is 4.03. The molecule has 2 aliphatic rings. The molecule has 20 heavy (non-hydrogen) atoms. The Bertz CT molecular complexity index is 523. The minimum atomic E-state index is -0.198. The summed E-state index contributed by atoms with van der Waals surface area (Å²) >= 11 is 5.86. The van der Waals surface area contributed by atoms with Crippen LogP contribution in [0.5, 0.6) is 0 Å². The monoisotopic (exact) mass is 292 g/mol. The Morgan fingerprint density at radius 1 is 1.15 bits per heavy atom. The third kappa shape index (κ3) is 2.52. The molecule has 0 saturated carbocycles. The van der Waals surface area contributed by atoms with Crippen LogP contribution in [0.15, 0.2) is 24.3 Å². The molecule has 0 aliphatic carbocycles. The first kappa shape index (κ1) is 13.4. The van der Waals surface area contributed by atoms with E-state index in [-0.39, 0.29) is 17.7 Å². The Balaban J connectivity index is 1.71. The molecule has 2 aliphatic heterocycles. The van der Waals surface area contributed by atoms with Crippen LogP contribution in [0.4, 0.5) is 5.69 Å². The zero-order chi connectivity index (χ0) is 14.1. The van der Waals surface area contributed by atoms with Crippen molar-refractivity contribution in [2.45, 2.75) is 19.3 Å². The quantitative estimate of drug-likeness (QED) is 0.839. The molecule has 0 bridgehead atoms. The summed E-state index contributed by atoms with van der Waals surface area (Å²) in [5.41, 5.74) is 0.816. The molecular weight excluding hydrogens is 276 g/mol. The van der Waals surface area contributed by atoms with Crippen LogP contribution in [0.25, 0.3) is 0 Å². The number of rotatable bonds is 2. The van der Waals surface area contributed by atoms with E-state index in [1.165, 1.54) is 0 Å². The molecule has 0 aromatic heterocycles. The molecule has 2 fully saturated rings. The average Bonchev–Trinajstić information content (AvgIpc) is 3.08. The lowest BCUT2D eigenvalue weighted by Gasteiger charge is -2.20. The zero-order valence-electron chi connectivity index (χ0n) is 11.2. The molecule has 106 valence electrons. The van der Waals surface area contributed by atoms with Gasteiger partial charge in [-0.1, -0.05) is 11.6 Å². The fourth-order valence-corrected chi connectivity index (χ4v) is 3.07. The van der Waals surface area contributed by atoms with Crippen molar-refractivity contribution in [1.82, 2.24) is 4.90 Å². The number of hydrogen-bond donors (Lipinski definition) is 0. The average molecular weight is 293 g/mol. The number of likely N-dealkylation sites (tertiary alicyclic amines) is 1. The number of hydrogen-bond acceptors (Lipinski definition) is 2. The molecule has 0 radical (unpaired) electrons. The lowest BCUT2D eigenvalue weighted by Crippen LogP contribution is -2.35. The SMILES string of the molecule is O=C(C1CC(=O)N(c2ccc(Cl)cc2)C1)N1CCCC1.